The molecule has 0 fully saturated rings. The standard InChI is InChI=1S/C20H19NO3/c1-14(19-13-16-8-4-6-10-18(16)24-19)21-20(22)12-11-15-7-3-5-9-17(15)23-2/h3-14H,1-2H3,(H,21,22)/b12-11+/t14-/m0/s1. The summed E-state index contributed by atoms with van der Waals surface area (Å²) in [6.07, 6.45) is 3.23. The van der Waals surface area contributed by atoms with E-state index < -0.39 is 0 Å². The van der Waals surface area contributed by atoms with Crippen LogP contribution in [0.1, 0.15) is 24.3 Å². The Morgan fingerprint density at radius 2 is 1.92 bits per heavy atom. The lowest BCUT2D eigenvalue weighted by molar-refractivity contribution is -0.117. The second-order valence-corrected chi connectivity index (χ2v) is 5.49. The van der Waals surface area contributed by atoms with Crippen LogP contribution in [-0.4, -0.2) is 13.0 Å². The van der Waals surface area contributed by atoms with Crippen LogP contribution in [0.4, 0.5) is 0 Å². The van der Waals surface area contributed by atoms with Gasteiger partial charge < -0.3 is 14.5 Å². The van der Waals surface area contributed by atoms with Gasteiger partial charge in [0.15, 0.2) is 0 Å². The van der Waals surface area contributed by atoms with Gasteiger partial charge in [0.1, 0.15) is 17.1 Å². The number of hydrogen-bond donors (Lipinski definition) is 1. The molecule has 0 bridgehead atoms. The number of nitrogens with one attached hydrogen (secondary N) is 1. The zero-order chi connectivity index (χ0) is 16.9. The van der Waals surface area contributed by atoms with E-state index in [9.17, 15) is 4.79 Å². The zero-order valence-electron chi connectivity index (χ0n) is 13.7. The van der Waals surface area contributed by atoms with E-state index in [2.05, 4.69) is 5.32 Å². The molecule has 1 aromatic heterocycles. The molecular weight excluding hydrogens is 302 g/mol. The molecule has 0 radical (unpaired) electrons. The van der Waals surface area contributed by atoms with Crippen molar-refractivity contribution in [1.82, 2.24) is 5.32 Å². The molecule has 122 valence electrons. The summed E-state index contributed by atoms with van der Waals surface area (Å²) < 4.78 is 11.0. The third kappa shape index (κ3) is 3.49. The van der Waals surface area contributed by atoms with Crippen LogP contribution >= 0.6 is 0 Å². The molecule has 1 N–H and O–H groups in total. The van der Waals surface area contributed by atoms with Crippen molar-refractivity contribution in [1.29, 1.82) is 0 Å². The number of benzene rings is 2. The summed E-state index contributed by atoms with van der Waals surface area (Å²) in [5.74, 6) is 1.27. The molecule has 3 aromatic rings. The Labute approximate surface area is 140 Å². The van der Waals surface area contributed by atoms with E-state index in [1.165, 1.54) is 6.08 Å². The number of carbonyl (C=O) groups is 1. The van der Waals surface area contributed by atoms with Gasteiger partial charge in [-0.25, -0.2) is 0 Å². The molecule has 0 unspecified atom stereocenters. The summed E-state index contributed by atoms with van der Waals surface area (Å²) in [7, 11) is 1.61. The number of rotatable bonds is 5. The molecule has 2 aromatic carbocycles. The van der Waals surface area contributed by atoms with Gasteiger partial charge in [-0.3, -0.25) is 4.79 Å². The maximum atomic E-state index is 12.1. The van der Waals surface area contributed by atoms with Crippen LogP contribution in [0, 0.1) is 0 Å². The van der Waals surface area contributed by atoms with Crippen LogP contribution in [0.15, 0.2) is 65.1 Å². The lowest BCUT2D eigenvalue weighted by Gasteiger charge is -2.09. The predicted molar refractivity (Wildman–Crippen MR) is 94.8 cm³/mol. The number of ether oxygens (including phenoxy) is 1. The molecule has 24 heavy (non-hydrogen) atoms. The van der Waals surface area contributed by atoms with Crippen molar-refractivity contribution >= 4 is 23.0 Å². The molecule has 0 saturated carbocycles. The molecule has 4 nitrogen and oxygen atoms in total. The Kier molecular flexibility index (Phi) is 4.66. The highest BCUT2D eigenvalue weighted by molar-refractivity contribution is 5.92. The lowest BCUT2D eigenvalue weighted by atomic mass is 10.2. The van der Waals surface area contributed by atoms with Crippen molar-refractivity contribution < 1.29 is 13.9 Å². The molecule has 1 atom stereocenters. The first-order valence-corrected chi connectivity index (χ1v) is 7.77. The number of methoxy groups -OCH3 is 1. The number of amides is 1. The second-order valence-electron chi connectivity index (χ2n) is 5.49. The number of furan rings is 1. The highest BCUT2D eigenvalue weighted by atomic mass is 16.5. The van der Waals surface area contributed by atoms with Gasteiger partial charge in [0.05, 0.1) is 13.2 Å². The smallest absolute Gasteiger partial charge is 0.244 e. The van der Waals surface area contributed by atoms with Gasteiger partial charge in [0.25, 0.3) is 0 Å². The van der Waals surface area contributed by atoms with Crippen molar-refractivity contribution in [3.63, 3.8) is 0 Å². The van der Waals surface area contributed by atoms with Crippen molar-refractivity contribution in [2.45, 2.75) is 13.0 Å². The van der Waals surface area contributed by atoms with E-state index in [4.69, 9.17) is 9.15 Å². The van der Waals surface area contributed by atoms with Gasteiger partial charge in [0, 0.05) is 17.0 Å². The minimum absolute atomic E-state index is 0.186. The maximum absolute atomic E-state index is 12.1. The molecule has 0 aliphatic rings. The molecule has 0 aliphatic carbocycles. The summed E-state index contributed by atoms with van der Waals surface area (Å²) in [4.78, 5) is 12.1. The van der Waals surface area contributed by atoms with Crippen molar-refractivity contribution in [3.05, 3.63) is 72.0 Å². The van der Waals surface area contributed by atoms with E-state index >= 15 is 0 Å². The summed E-state index contributed by atoms with van der Waals surface area (Å²) in [6, 6.07) is 17.1. The van der Waals surface area contributed by atoms with Crippen LogP contribution in [0.2, 0.25) is 0 Å². The lowest BCUT2D eigenvalue weighted by Crippen LogP contribution is -2.24. The Hall–Kier alpha value is -3.01. The average molecular weight is 321 g/mol. The quantitative estimate of drug-likeness (QED) is 0.712. The fourth-order valence-electron chi connectivity index (χ4n) is 2.52. The molecule has 1 heterocycles. The monoisotopic (exact) mass is 321 g/mol. The third-order valence-electron chi connectivity index (χ3n) is 3.78. The molecule has 4 heteroatoms. The van der Waals surface area contributed by atoms with Crippen molar-refractivity contribution in [3.8, 4) is 5.75 Å². The van der Waals surface area contributed by atoms with Gasteiger partial charge >= 0.3 is 0 Å². The Balaban J connectivity index is 1.68. The first-order valence-electron chi connectivity index (χ1n) is 7.77. The zero-order valence-corrected chi connectivity index (χ0v) is 13.7. The van der Waals surface area contributed by atoms with Crippen LogP contribution in [0.5, 0.6) is 5.75 Å². The normalized spacial score (nSPS) is 12.4. The van der Waals surface area contributed by atoms with E-state index in [-0.39, 0.29) is 11.9 Å². The molecule has 1 amide bonds. The Morgan fingerprint density at radius 1 is 1.17 bits per heavy atom. The summed E-state index contributed by atoms with van der Waals surface area (Å²) in [5.41, 5.74) is 1.67. The largest absolute Gasteiger partial charge is 0.496 e. The molecule has 3 rings (SSSR count). The molecular formula is C20H19NO3. The topological polar surface area (TPSA) is 51.5 Å². The van der Waals surface area contributed by atoms with E-state index in [0.29, 0.717) is 0 Å². The number of fused-ring (bicyclic) bond motifs is 1. The van der Waals surface area contributed by atoms with Gasteiger partial charge in [-0.1, -0.05) is 36.4 Å². The fraction of sp³-hybridized carbons (Fsp3) is 0.150. The second kappa shape index (κ2) is 7.04. The van der Waals surface area contributed by atoms with E-state index in [1.54, 1.807) is 13.2 Å². The molecule has 0 saturated heterocycles. The van der Waals surface area contributed by atoms with Gasteiger partial charge in [-0.2, -0.15) is 0 Å². The van der Waals surface area contributed by atoms with Crippen LogP contribution in [-0.2, 0) is 4.79 Å². The Morgan fingerprint density at radius 3 is 2.71 bits per heavy atom. The Bertz CT molecular complexity index is 846. The fourth-order valence-corrected chi connectivity index (χ4v) is 2.52. The molecule has 0 aliphatic heterocycles. The molecule has 0 spiro atoms. The minimum Gasteiger partial charge on any atom is -0.496 e. The van der Waals surface area contributed by atoms with Crippen molar-refractivity contribution in [2.24, 2.45) is 0 Å². The van der Waals surface area contributed by atoms with Crippen LogP contribution in [0.3, 0.4) is 0 Å². The van der Waals surface area contributed by atoms with Crippen LogP contribution in [0.25, 0.3) is 17.0 Å². The highest BCUT2D eigenvalue weighted by Crippen LogP contribution is 2.23. The van der Waals surface area contributed by atoms with Crippen LogP contribution < -0.4 is 10.1 Å². The first kappa shape index (κ1) is 15.9. The summed E-state index contributed by atoms with van der Waals surface area (Å²) >= 11 is 0. The van der Waals surface area contributed by atoms with Gasteiger partial charge in [-0.05, 0) is 31.2 Å². The average Bonchev–Trinajstić information content (AvgIpc) is 3.04. The van der Waals surface area contributed by atoms with Gasteiger partial charge in [0.2, 0.25) is 5.91 Å². The van der Waals surface area contributed by atoms with Gasteiger partial charge in [-0.15, -0.1) is 0 Å². The third-order valence-corrected chi connectivity index (χ3v) is 3.78. The van der Waals surface area contributed by atoms with Crippen molar-refractivity contribution in [2.75, 3.05) is 7.11 Å². The minimum atomic E-state index is -0.216. The maximum Gasteiger partial charge on any atom is 0.244 e. The number of carbonyl (C=O) groups excluding carboxylic acids is 1. The van der Waals surface area contributed by atoms with E-state index in [1.807, 2.05) is 61.5 Å². The predicted octanol–water partition coefficient (Wildman–Crippen LogP) is 4.33. The summed E-state index contributed by atoms with van der Waals surface area (Å²) in [6.45, 7) is 1.90. The summed E-state index contributed by atoms with van der Waals surface area (Å²) in [5, 5.41) is 3.93. The first-order chi connectivity index (χ1) is 11.7. The number of para-hydroxylation sites is 2. The SMILES string of the molecule is COc1ccccc1/C=C/C(=O)N[C@@H](C)c1cc2ccccc2o1. The highest BCUT2D eigenvalue weighted by Gasteiger charge is 2.12. The number of hydrogen-bond acceptors (Lipinski definition) is 3. The van der Waals surface area contributed by atoms with E-state index in [0.717, 1.165) is 28.0 Å².